The van der Waals surface area contributed by atoms with Crippen molar-refractivity contribution in [3.63, 3.8) is 0 Å². The summed E-state index contributed by atoms with van der Waals surface area (Å²) in [6, 6.07) is 7.70. The quantitative estimate of drug-likeness (QED) is 0.869. The number of phenols is 1. The Morgan fingerprint density at radius 1 is 1.00 bits per heavy atom. The average Bonchev–Trinajstić information content (AvgIpc) is 2.43. The molecule has 2 heteroatoms. The van der Waals surface area contributed by atoms with Crippen LogP contribution in [0.3, 0.4) is 0 Å². The molecule has 0 atom stereocenters. The fourth-order valence-corrected chi connectivity index (χ4v) is 3.90. The second-order valence-corrected chi connectivity index (χ2v) is 6.51. The third-order valence-corrected chi connectivity index (χ3v) is 5.15. The summed E-state index contributed by atoms with van der Waals surface area (Å²) >= 11 is 0. The molecule has 1 saturated carbocycles. The summed E-state index contributed by atoms with van der Waals surface area (Å²) in [7, 11) is 0. The van der Waals surface area contributed by atoms with E-state index >= 15 is 0 Å². The van der Waals surface area contributed by atoms with Crippen LogP contribution in [0.1, 0.15) is 50.5 Å². The third-order valence-electron chi connectivity index (χ3n) is 5.15. The molecule has 0 bridgehead atoms. The number of benzene rings is 1. The number of aromatic hydroxyl groups is 1. The smallest absolute Gasteiger partial charge is 0.115 e. The molecular weight excluding hydrogens is 234 g/mol. The third kappa shape index (κ3) is 3.11. The van der Waals surface area contributed by atoms with Gasteiger partial charge in [-0.2, -0.15) is 0 Å². The van der Waals surface area contributed by atoms with E-state index in [1.165, 1.54) is 63.6 Å². The van der Waals surface area contributed by atoms with E-state index in [9.17, 15) is 5.11 Å². The maximum absolute atomic E-state index is 9.52. The van der Waals surface area contributed by atoms with Crippen molar-refractivity contribution in [1.29, 1.82) is 0 Å². The van der Waals surface area contributed by atoms with Crippen molar-refractivity contribution in [2.45, 2.75) is 51.5 Å². The lowest BCUT2D eigenvalue weighted by molar-refractivity contribution is 0.0641. The van der Waals surface area contributed by atoms with Crippen LogP contribution in [0.25, 0.3) is 0 Å². The van der Waals surface area contributed by atoms with Crippen molar-refractivity contribution in [1.82, 2.24) is 4.90 Å². The molecule has 0 aromatic heterocycles. The molecular formula is C17H25NO. The van der Waals surface area contributed by atoms with E-state index in [-0.39, 0.29) is 0 Å². The zero-order valence-electron chi connectivity index (χ0n) is 11.8. The van der Waals surface area contributed by atoms with E-state index in [2.05, 4.69) is 11.0 Å². The van der Waals surface area contributed by atoms with Crippen LogP contribution in [0, 0.1) is 5.41 Å². The Bertz CT molecular complexity index is 413. The van der Waals surface area contributed by atoms with E-state index in [1.54, 1.807) is 6.07 Å². The number of piperidine rings is 1. The number of hydrogen-bond donors (Lipinski definition) is 1. The molecule has 3 rings (SSSR count). The summed E-state index contributed by atoms with van der Waals surface area (Å²) in [6.45, 7) is 3.45. The molecule has 1 spiro atoms. The minimum absolute atomic E-state index is 0.387. The zero-order chi connectivity index (χ0) is 13.1. The number of likely N-dealkylation sites (tertiary alicyclic amines) is 1. The van der Waals surface area contributed by atoms with Crippen molar-refractivity contribution in [3.8, 4) is 5.75 Å². The molecule has 1 aromatic carbocycles. The van der Waals surface area contributed by atoms with Crippen LogP contribution in [0.4, 0.5) is 0 Å². The monoisotopic (exact) mass is 259 g/mol. The normalized spacial score (nSPS) is 23.6. The summed E-state index contributed by atoms with van der Waals surface area (Å²) in [5.74, 6) is 0.387. The molecule has 1 saturated heterocycles. The van der Waals surface area contributed by atoms with Gasteiger partial charge in [0.25, 0.3) is 0 Å². The van der Waals surface area contributed by atoms with Crippen molar-refractivity contribution in [2.75, 3.05) is 13.1 Å². The first-order valence-electron chi connectivity index (χ1n) is 7.76. The summed E-state index contributed by atoms with van der Waals surface area (Å²) in [5, 5.41) is 9.52. The first-order chi connectivity index (χ1) is 9.26. The van der Waals surface area contributed by atoms with Gasteiger partial charge in [0.05, 0.1) is 0 Å². The molecule has 0 radical (unpaired) electrons. The first-order valence-corrected chi connectivity index (χ1v) is 7.76. The second-order valence-electron chi connectivity index (χ2n) is 6.51. The predicted octanol–water partition coefficient (Wildman–Crippen LogP) is 3.94. The molecule has 1 heterocycles. The lowest BCUT2D eigenvalue weighted by Gasteiger charge is -2.44. The van der Waals surface area contributed by atoms with Gasteiger partial charge in [-0.1, -0.05) is 31.4 Å². The van der Waals surface area contributed by atoms with Gasteiger partial charge in [0, 0.05) is 6.54 Å². The molecule has 2 fully saturated rings. The maximum Gasteiger partial charge on any atom is 0.115 e. The molecule has 1 N–H and O–H groups in total. The molecule has 1 aliphatic heterocycles. The van der Waals surface area contributed by atoms with Gasteiger partial charge < -0.3 is 5.11 Å². The van der Waals surface area contributed by atoms with Gasteiger partial charge in [-0.3, -0.25) is 4.90 Å². The van der Waals surface area contributed by atoms with Crippen LogP contribution < -0.4 is 0 Å². The van der Waals surface area contributed by atoms with E-state index in [0.717, 1.165) is 6.54 Å². The first kappa shape index (κ1) is 13.0. The van der Waals surface area contributed by atoms with Gasteiger partial charge >= 0.3 is 0 Å². The van der Waals surface area contributed by atoms with Crippen LogP contribution >= 0.6 is 0 Å². The predicted molar refractivity (Wildman–Crippen MR) is 78.1 cm³/mol. The number of rotatable bonds is 2. The Morgan fingerprint density at radius 3 is 2.42 bits per heavy atom. The van der Waals surface area contributed by atoms with Crippen molar-refractivity contribution >= 4 is 0 Å². The topological polar surface area (TPSA) is 23.5 Å². The van der Waals surface area contributed by atoms with Crippen molar-refractivity contribution < 1.29 is 5.11 Å². The molecule has 2 nitrogen and oxygen atoms in total. The standard InChI is InChI=1S/C17H25NO/c19-16-6-4-5-15(13-16)14-18-11-9-17(10-12-18)7-2-1-3-8-17/h4-6,13,19H,1-3,7-12,14H2. The Balaban J connectivity index is 1.55. The molecule has 0 amide bonds. The average molecular weight is 259 g/mol. The molecule has 19 heavy (non-hydrogen) atoms. The SMILES string of the molecule is Oc1cccc(CN2CCC3(CCCCC3)CC2)c1. The van der Waals surface area contributed by atoms with Crippen LogP contribution in [0.5, 0.6) is 5.75 Å². The summed E-state index contributed by atoms with van der Waals surface area (Å²) in [4.78, 5) is 2.55. The number of nitrogens with zero attached hydrogens (tertiary/aromatic N) is 1. The summed E-state index contributed by atoms with van der Waals surface area (Å²) in [6.07, 6.45) is 10.0. The number of phenolic OH excluding ortho intramolecular Hbond substituents is 1. The Hall–Kier alpha value is -1.02. The van der Waals surface area contributed by atoms with Gasteiger partial charge in [-0.15, -0.1) is 0 Å². The van der Waals surface area contributed by atoms with E-state index in [4.69, 9.17) is 0 Å². The van der Waals surface area contributed by atoms with Gasteiger partial charge in [-0.25, -0.2) is 0 Å². The maximum atomic E-state index is 9.52. The highest BCUT2D eigenvalue weighted by Gasteiger charge is 2.35. The minimum atomic E-state index is 0.387. The highest BCUT2D eigenvalue weighted by atomic mass is 16.3. The minimum Gasteiger partial charge on any atom is -0.508 e. The summed E-state index contributed by atoms with van der Waals surface area (Å²) in [5.41, 5.74) is 1.92. The lowest BCUT2D eigenvalue weighted by Crippen LogP contribution is -2.40. The van der Waals surface area contributed by atoms with Crippen LogP contribution in [0.15, 0.2) is 24.3 Å². The van der Waals surface area contributed by atoms with Gasteiger partial charge in [-0.05, 0) is 61.9 Å². The van der Waals surface area contributed by atoms with Crippen molar-refractivity contribution in [3.05, 3.63) is 29.8 Å². The van der Waals surface area contributed by atoms with E-state index < -0.39 is 0 Å². The van der Waals surface area contributed by atoms with Crippen LogP contribution in [-0.4, -0.2) is 23.1 Å². The second kappa shape index (κ2) is 5.54. The fraction of sp³-hybridized carbons (Fsp3) is 0.647. The fourth-order valence-electron chi connectivity index (χ4n) is 3.90. The van der Waals surface area contributed by atoms with E-state index in [0.29, 0.717) is 11.2 Å². The highest BCUT2D eigenvalue weighted by molar-refractivity contribution is 5.27. The molecule has 104 valence electrons. The van der Waals surface area contributed by atoms with Gasteiger partial charge in [0.1, 0.15) is 5.75 Å². The van der Waals surface area contributed by atoms with Gasteiger partial charge in [0.2, 0.25) is 0 Å². The summed E-state index contributed by atoms with van der Waals surface area (Å²) < 4.78 is 0. The Morgan fingerprint density at radius 2 is 1.74 bits per heavy atom. The Labute approximate surface area is 116 Å². The molecule has 2 aliphatic rings. The largest absolute Gasteiger partial charge is 0.508 e. The number of hydrogen-bond acceptors (Lipinski definition) is 2. The van der Waals surface area contributed by atoms with E-state index in [1.807, 2.05) is 12.1 Å². The van der Waals surface area contributed by atoms with Gasteiger partial charge in [0.15, 0.2) is 0 Å². The Kier molecular flexibility index (Phi) is 3.79. The zero-order valence-corrected chi connectivity index (χ0v) is 11.8. The lowest BCUT2D eigenvalue weighted by atomic mass is 9.68. The molecule has 1 aliphatic carbocycles. The van der Waals surface area contributed by atoms with Crippen molar-refractivity contribution in [2.24, 2.45) is 5.41 Å². The molecule has 1 aromatic rings. The van der Waals surface area contributed by atoms with Crippen LogP contribution in [-0.2, 0) is 6.54 Å². The van der Waals surface area contributed by atoms with Crippen LogP contribution in [0.2, 0.25) is 0 Å². The molecule has 0 unspecified atom stereocenters. The highest BCUT2D eigenvalue weighted by Crippen LogP contribution is 2.44.